The van der Waals surface area contributed by atoms with Gasteiger partial charge >= 0.3 is 5.97 Å². The molecular formula is C12H22N2O4S. The Kier molecular flexibility index (Phi) is 4.47. The summed E-state index contributed by atoms with van der Waals surface area (Å²) in [6.07, 6.45) is 4.68. The maximum Gasteiger partial charge on any atom is 0.322 e. The van der Waals surface area contributed by atoms with Crippen LogP contribution in [-0.2, 0) is 15.0 Å². The third kappa shape index (κ3) is 2.93. The van der Waals surface area contributed by atoms with Crippen molar-refractivity contribution in [3.8, 4) is 0 Å². The summed E-state index contributed by atoms with van der Waals surface area (Å²) in [6, 6.07) is -0.928. The molecule has 2 aliphatic heterocycles. The second-order valence-electron chi connectivity index (χ2n) is 5.42. The zero-order valence-corrected chi connectivity index (χ0v) is 12.1. The third-order valence-corrected chi connectivity index (χ3v) is 6.24. The van der Waals surface area contributed by atoms with Crippen molar-refractivity contribution in [3.05, 3.63) is 0 Å². The number of hydrogen-bond acceptors (Lipinski definition) is 3. The maximum atomic E-state index is 12.7. The first-order valence-corrected chi connectivity index (χ1v) is 8.35. The van der Waals surface area contributed by atoms with E-state index in [0.717, 1.165) is 32.1 Å². The molecule has 19 heavy (non-hydrogen) atoms. The van der Waals surface area contributed by atoms with E-state index in [0.29, 0.717) is 19.5 Å². The largest absolute Gasteiger partial charge is 0.480 e. The van der Waals surface area contributed by atoms with Crippen molar-refractivity contribution >= 4 is 16.2 Å². The van der Waals surface area contributed by atoms with Gasteiger partial charge in [0, 0.05) is 19.1 Å². The Morgan fingerprint density at radius 2 is 1.63 bits per heavy atom. The van der Waals surface area contributed by atoms with Gasteiger partial charge in [0.25, 0.3) is 10.2 Å². The number of rotatable bonds is 3. The second kappa shape index (κ2) is 5.76. The van der Waals surface area contributed by atoms with E-state index in [9.17, 15) is 18.3 Å². The van der Waals surface area contributed by atoms with Crippen molar-refractivity contribution in [2.45, 2.75) is 57.5 Å². The van der Waals surface area contributed by atoms with Gasteiger partial charge in [0.05, 0.1) is 0 Å². The first-order valence-electron chi connectivity index (χ1n) is 6.96. The predicted molar refractivity (Wildman–Crippen MR) is 70.9 cm³/mol. The molecule has 6 nitrogen and oxygen atoms in total. The minimum Gasteiger partial charge on any atom is -0.480 e. The number of hydrogen-bond donors (Lipinski definition) is 1. The summed E-state index contributed by atoms with van der Waals surface area (Å²) in [5.41, 5.74) is 0. The molecule has 2 aliphatic rings. The molecule has 0 aromatic heterocycles. The fourth-order valence-corrected chi connectivity index (χ4v) is 5.04. The Morgan fingerprint density at radius 3 is 2.21 bits per heavy atom. The average molecular weight is 290 g/mol. The number of piperidine rings is 2. The van der Waals surface area contributed by atoms with E-state index in [1.54, 1.807) is 0 Å². The fraction of sp³-hybridized carbons (Fsp3) is 0.917. The van der Waals surface area contributed by atoms with Crippen molar-refractivity contribution in [3.63, 3.8) is 0 Å². The van der Waals surface area contributed by atoms with Crippen molar-refractivity contribution in [1.82, 2.24) is 8.61 Å². The molecule has 0 amide bonds. The Balaban J connectivity index is 2.23. The third-order valence-electron chi connectivity index (χ3n) is 4.07. The van der Waals surface area contributed by atoms with E-state index in [1.807, 2.05) is 6.92 Å². The van der Waals surface area contributed by atoms with Crippen LogP contribution in [0.25, 0.3) is 0 Å². The van der Waals surface area contributed by atoms with Crippen LogP contribution in [0.2, 0.25) is 0 Å². The van der Waals surface area contributed by atoms with E-state index in [1.165, 1.54) is 8.61 Å². The highest BCUT2D eigenvalue weighted by Crippen LogP contribution is 2.27. The lowest BCUT2D eigenvalue weighted by molar-refractivity contribution is -0.142. The van der Waals surface area contributed by atoms with E-state index in [-0.39, 0.29) is 6.04 Å². The van der Waals surface area contributed by atoms with Crippen LogP contribution in [0.5, 0.6) is 0 Å². The van der Waals surface area contributed by atoms with Crippen molar-refractivity contribution in [1.29, 1.82) is 0 Å². The molecule has 2 atom stereocenters. The molecule has 2 fully saturated rings. The number of carboxylic acid groups (broad SMARTS) is 1. The van der Waals surface area contributed by atoms with Gasteiger partial charge in [-0.05, 0) is 39.0 Å². The minimum absolute atomic E-state index is 0.0323. The molecule has 0 radical (unpaired) electrons. The Bertz CT molecular complexity index is 437. The van der Waals surface area contributed by atoms with E-state index in [2.05, 4.69) is 0 Å². The van der Waals surface area contributed by atoms with Crippen molar-refractivity contribution in [2.24, 2.45) is 0 Å². The van der Waals surface area contributed by atoms with Gasteiger partial charge in [0.1, 0.15) is 6.04 Å². The predicted octanol–water partition coefficient (Wildman–Crippen LogP) is 1.04. The zero-order valence-electron chi connectivity index (χ0n) is 11.3. The summed E-state index contributed by atoms with van der Waals surface area (Å²) < 4.78 is 28.0. The van der Waals surface area contributed by atoms with Crippen LogP contribution in [0.15, 0.2) is 0 Å². The molecule has 0 spiro atoms. The van der Waals surface area contributed by atoms with Gasteiger partial charge in [-0.25, -0.2) is 0 Å². The van der Waals surface area contributed by atoms with Crippen LogP contribution >= 0.6 is 0 Å². The van der Waals surface area contributed by atoms with Crippen LogP contribution in [0.1, 0.15) is 45.4 Å². The monoisotopic (exact) mass is 290 g/mol. The lowest BCUT2D eigenvalue weighted by Gasteiger charge is -2.39. The second-order valence-corrected chi connectivity index (χ2v) is 7.26. The molecule has 7 heteroatoms. The first kappa shape index (κ1) is 14.7. The highest BCUT2D eigenvalue weighted by Gasteiger charge is 2.41. The number of carbonyl (C=O) groups is 1. The number of nitrogens with zero attached hydrogens (tertiary/aromatic N) is 2. The van der Waals surface area contributed by atoms with Crippen LogP contribution in [0.3, 0.4) is 0 Å². The molecule has 0 aromatic rings. The summed E-state index contributed by atoms with van der Waals surface area (Å²) in [4.78, 5) is 11.3. The lowest BCUT2D eigenvalue weighted by atomic mass is 10.1. The van der Waals surface area contributed by atoms with Crippen molar-refractivity contribution < 1.29 is 18.3 Å². The van der Waals surface area contributed by atoms with Gasteiger partial charge in [-0.3, -0.25) is 4.79 Å². The van der Waals surface area contributed by atoms with Gasteiger partial charge in [-0.1, -0.05) is 6.42 Å². The number of carboxylic acids is 1. The van der Waals surface area contributed by atoms with Crippen molar-refractivity contribution in [2.75, 3.05) is 13.1 Å². The normalized spacial score (nSPS) is 31.2. The molecule has 2 saturated heterocycles. The molecule has 0 bridgehead atoms. The molecule has 2 heterocycles. The molecule has 2 unspecified atom stereocenters. The Labute approximate surface area is 114 Å². The summed E-state index contributed by atoms with van der Waals surface area (Å²) in [7, 11) is -3.64. The lowest BCUT2D eigenvalue weighted by Crippen LogP contribution is -2.56. The van der Waals surface area contributed by atoms with Gasteiger partial charge in [-0.15, -0.1) is 0 Å². The minimum atomic E-state index is -3.64. The molecule has 0 aromatic carbocycles. The molecular weight excluding hydrogens is 268 g/mol. The molecule has 1 N–H and O–H groups in total. The Morgan fingerprint density at radius 1 is 1.05 bits per heavy atom. The van der Waals surface area contributed by atoms with Crippen LogP contribution in [-0.4, -0.2) is 53.3 Å². The summed E-state index contributed by atoms with van der Waals surface area (Å²) in [6.45, 7) is 2.73. The highest BCUT2D eigenvalue weighted by atomic mass is 32.2. The van der Waals surface area contributed by atoms with E-state index in [4.69, 9.17) is 0 Å². The molecule has 0 aliphatic carbocycles. The molecule has 2 rings (SSSR count). The first-order chi connectivity index (χ1) is 8.94. The maximum absolute atomic E-state index is 12.7. The molecule has 0 saturated carbocycles. The van der Waals surface area contributed by atoms with Gasteiger partial charge in [0.15, 0.2) is 0 Å². The van der Waals surface area contributed by atoms with Crippen LogP contribution < -0.4 is 0 Å². The number of aliphatic carboxylic acids is 1. The standard InChI is InChI=1S/C12H22N2O4S/c1-10-6-2-4-8-13(10)19(17,18)14-9-5-3-7-11(14)12(15)16/h10-11H,2-9H2,1H3,(H,15,16). The summed E-state index contributed by atoms with van der Waals surface area (Å²) in [5, 5.41) is 9.21. The van der Waals surface area contributed by atoms with Gasteiger partial charge in [0.2, 0.25) is 0 Å². The highest BCUT2D eigenvalue weighted by molar-refractivity contribution is 7.86. The van der Waals surface area contributed by atoms with Crippen LogP contribution in [0.4, 0.5) is 0 Å². The van der Waals surface area contributed by atoms with E-state index < -0.39 is 22.2 Å². The quantitative estimate of drug-likeness (QED) is 0.842. The van der Waals surface area contributed by atoms with Gasteiger partial charge in [-0.2, -0.15) is 17.0 Å². The average Bonchev–Trinajstić information content (AvgIpc) is 2.39. The Hall–Kier alpha value is -0.660. The zero-order chi connectivity index (χ0) is 14.0. The SMILES string of the molecule is CC1CCCCN1S(=O)(=O)N1CCCCC1C(=O)O. The summed E-state index contributed by atoms with van der Waals surface area (Å²) >= 11 is 0. The topological polar surface area (TPSA) is 77.9 Å². The smallest absolute Gasteiger partial charge is 0.322 e. The summed E-state index contributed by atoms with van der Waals surface area (Å²) in [5.74, 6) is -1.03. The fourth-order valence-electron chi connectivity index (χ4n) is 2.98. The van der Waals surface area contributed by atoms with Gasteiger partial charge < -0.3 is 5.11 Å². The molecule has 110 valence electrons. The van der Waals surface area contributed by atoms with E-state index >= 15 is 0 Å². The van der Waals surface area contributed by atoms with Crippen LogP contribution in [0, 0.1) is 0 Å².